The van der Waals surface area contributed by atoms with Crippen molar-refractivity contribution in [3.05, 3.63) is 28.6 Å². The quantitative estimate of drug-likeness (QED) is 0.767. The van der Waals surface area contributed by atoms with E-state index in [1.165, 1.54) is 18.4 Å². The van der Waals surface area contributed by atoms with E-state index in [0.29, 0.717) is 16.6 Å². The number of benzene rings is 1. The first-order valence-corrected chi connectivity index (χ1v) is 9.01. The minimum atomic E-state index is -1.04. The normalized spacial score (nSPS) is 12.3. The second-order valence-electron chi connectivity index (χ2n) is 8.28. The summed E-state index contributed by atoms with van der Waals surface area (Å²) in [5.41, 5.74) is 2.86. The van der Waals surface area contributed by atoms with Crippen molar-refractivity contribution in [2.45, 2.75) is 52.4 Å². The summed E-state index contributed by atoms with van der Waals surface area (Å²) in [7, 11) is 1.48. The highest BCUT2D eigenvalue weighted by molar-refractivity contribution is 7.14. The van der Waals surface area contributed by atoms with Gasteiger partial charge < -0.3 is 10.2 Å². The van der Waals surface area contributed by atoms with Gasteiger partial charge in [0.2, 0.25) is 0 Å². The van der Waals surface area contributed by atoms with Gasteiger partial charge in [-0.05, 0) is 23.0 Å². The summed E-state index contributed by atoms with van der Waals surface area (Å²) in [6, 6.07) is 3.90. The Morgan fingerprint density at radius 1 is 1.08 bits per heavy atom. The molecule has 2 aromatic rings. The van der Waals surface area contributed by atoms with Gasteiger partial charge in [0.1, 0.15) is 5.75 Å². The van der Waals surface area contributed by atoms with Crippen molar-refractivity contribution in [3.8, 4) is 17.0 Å². The Labute approximate surface area is 153 Å². The zero-order valence-corrected chi connectivity index (χ0v) is 16.7. The van der Waals surface area contributed by atoms with Crippen LogP contribution in [0.25, 0.3) is 11.3 Å². The molecule has 2 N–H and O–H groups in total. The van der Waals surface area contributed by atoms with E-state index in [9.17, 15) is 9.90 Å². The lowest BCUT2D eigenvalue weighted by Gasteiger charge is -2.28. The number of carbonyl (C=O) groups is 1. The molecule has 0 saturated carbocycles. The fourth-order valence-electron chi connectivity index (χ4n) is 2.56. The molecule has 6 heteroatoms. The zero-order valence-electron chi connectivity index (χ0n) is 15.8. The molecule has 5 nitrogen and oxygen atoms in total. The van der Waals surface area contributed by atoms with Crippen LogP contribution in [-0.2, 0) is 10.8 Å². The first kappa shape index (κ1) is 19.2. The van der Waals surface area contributed by atoms with Gasteiger partial charge in [-0.2, -0.15) is 0 Å². The van der Waals surface area contributed by atoms with Gasteiger partial charge in [0, 0.05) is 29.1 Å². The molecule has 0 saturated heterocycles. The van der Waals surface area contributed by atoms with Crippen molar-refractivity contribution in [2.75, 3.05) is 11.9 Å². The fourth-order valence-corrected chi connectivity index (χ4v) is 3.35. The summed E-state index contributed by atoms with van der Waals surface area (Å²) in [6.45, 7) is 12.4. The van der Waals surface area contributed by atoms with E-state index in [1.54, 1.807) is 0 Å². The van der Waals surface area contributed by atoms with Gasteiger partial charge in [-0.25, -0.2) is 9.78 Å². The predicted octanol–water partition coefficient (Wildman–Crippen LogP) is 5.22. The van der Waals surface area contributed by atoms with Crippen molar-refractivity contribution in [1.29, 1.82) is 0 Å². The van der Waals surface area contributed by atoms with E-state index in [0.717, 1.165) is 21.6 Å². The molecule has 1 aromatic heterocycles. The number of carboxylic acid groups (broad SMARTS) is 1. The van der Waals surface area contributed by atoms with Crippen LogP contribution in [0.2, 0.25) is 0 Å². The van der Waals surface area contributed by atoms with Crippen molar-refractivity contribution in [3.63, 3.8) is 0 Å². The van der Waals surface area contributed by atoms with Crippen molar-refractivity contribution in [2.24, 2.45) is 0 Å². The van der Waals surface area contributed by atoms with E-state index in [-0.39, 0.29) is 10.8 Å². The average molecular weight is 362 g/mol. The van der Waals surface area contributed by atoms with Crippen LogP contribution >= 0.6 is 11.3 Å². The van der Waals surface area contributed by atoms with Gasteiger partial charge in [0.25, 0.3) is 0 Å². The van der Waals surface area contributed by atoms with E-state index in [4.69, 9.17) is 5.11 Å². The van der Waals surface area contributed by atoms with Gasteiger partial charge >= 0.3 is 6.09 Å². The summed E-state index contributed by atoms with van der Waals surface area (Å²) < 4.78 is 0. The van der Waals surface area contributed by atoms with E-state index in [1.807, 2.05) is 17.5 Å². The lowest BCUT2D eigenvalue weighted by atomic mass is 9.78. The largest absolute Gasteiger partial charge is 0.507 e. The van der Waals surface area contributed by atoms with Crippen LogP contribution in [0.3, 0.4) is 0 Å². The molecule has 1 heterocycles. The fraction of sp³-hybridized carbons (Fsp3) is 0.474. The average Bonchev–Trinajstić information content (AvgIpc) is 2.93. The Bertz CT molecular complexity index is 763. The number of anilines is 1. The van der Waals surface area contributed by atoms with Crippen molar-refractivity contribution < 1.29 is 15.0 Å². The maximum absolute atomic E-state index is 11.1. The van der Waals surface area contributed by atoms with E-state index in [2.05, 4.69) is 46.5 Å². The number of thiazole rings is 1. The summed E-state index contributed by atoms with van der Waals surface area (Å²) in [5, 5.41) is 22.2. The Hall–Kier alpha value is -2.08. The third kappa shape index (κ3) is 3.95. The molecule has 0 bridgehead atoms. The highest BCUT2D eigenvalue weighted by atomic mass is 32.1. The Kier molecular flexibility index (Phi) is 4.88. The number of aromatic hydroxyl groups is 1. The Morgan fingerprint density at radius 2 is 1.56 bits per heavy atom. The van der Waals surface area contributed by atoms with Gasteiger partial charge in [0.15, 0.2) is 5.13 Å². The van der Waals surface area contributed by atoms with Crippen LogP contribution in [0.1, 0.15) is 52.7 Å². The molecule has 0 aliphatic carbocycles. The van der Waals surface area contributed by atoms with E-state index >= 15 is 0 Å². The molecule has 136 valence electrons. The number of aromatic nitrogens is 1. The maximum Gasteiger partial charge on any atom is 0.413 e. The highest BCUT2D eigenvalue weighted by Crippen LogP contribution is 2.42. The predicted molar refractivity (Wildman–Crippen MR) is 103 cm³/mol. The molecule has 0 unspecified atom stereocenters. The zero-order chi connectivity index (χ0) is 19.2. The number of hydrogen-bond donors (Lipinski definition) is 2. The smallest absolute Gasteiger partial charge is 0.413 e. The second-order valence-corrected chi connectivity index (χ2v) is 9.11. The van der Waals surface area contributed by atoms with Gasteiger partial charge in [-0.1, -0.05) is 41.5 Å². The number of rotatable bonds is 2. The summed E-state index contributed by atoms with van der Waals surface area (Å²) in [6.07, 6.45) is -1.04. The summed E-state index contributed by atoms with van der Waals surface area (Å²) >= 11 is 1.28. The van der Waals surface area contributed by atoms with Crippen LogP contribution in [0.4, 0.5) is 9.93 Å². The molecule has 2 rings (SSSR count). The molecule has 0 aliphatic rings. The first-order valence-electron chi connectivity index (χ1n) is 8.13. The highest BCUT2D eigenvalue weighted by Gasteiger charge is 2.27. The summed E-state index contributed by atoms with van der Waals surface area (Å²) in [5.74, 6) is 0.321. The number of phenols is 1. The summed E-state index contributed by atoms with van der Waals surface area (Å²) in [4.78, 5) is 16.7. The Morgan fingerprint density at radius 3 is 1.96 bits per heavy atom. The van der Waals surface area contributed by atoms with Crippen LogP contribution in [0.5, 0.6) is 5.75 Å². The van der Waals surface area contributed by atoms with Gasteiger partial charge in [-0.15, -0.1) is 11.3 Å². The second kappa shape index (κ2) is 6.33. The van der Waals surface area contributed by atoms with Crippen LogP contribution in [-0.4, -0.2) is 28.3 Å². The van der Waals surface area contributed by atoms with Crippen LogP contribution < -0.4 is 4.90 Å². The first-order chi connectivity index (χ1) is 11.3. The number of phenolic OH excluding ortho intramolecular Hbond substituents is 1. The Balaban J connectivity index is 2.64. The molecule has 0 fully saturated rings. The molecule has 0 atom stereocenters. The molecular weight excluding hydrogens is 336 g/mol. The topological polar surface area (TPSA) is 73.7 Å². The maximum atomic E-state index is 11.1. The monoisotopic (exact) mass is 362 g/mol. The third-order valence-corrected chi connectivity index (χ3v) is 5.00. The van der Waals surface area contributed by atoms with Gasteiger partial charge in [0.05, 0.1) is 5.69 Å². The van der Waals surface area contributed by atoms with Crippen LogP contribution in [0.15, 0.2) is 17.5 Å². The lowest BCUT2D eigenvalue weighted by molar-refractivity contribution is 0.203. The molecule has 0 spiro atoms. The minimum absolute atomic E-state index is 0.225. The van der Waals surface area contributed by atoms with E-state index < -0.39 is 6.09 Å². The van der Waals surface area contributed by atoms with Gasteiger partial charge in [-0.3, -0.25) is 4.90 Å². The van der Waals surface area contributed by atoms with Crippen molar-refractivity contribution >= 4 is 22.6 Å². The molecule has 1 amide bonds. The lowest BCUT2D eigenvalue weighted by Crippen LogP contribution is -2.23. The SMILES string of the molecule is CN(C(=O)O)c1nc(-c2cc(C(C)(C)C)c(O)c(C(C)(C)C)c2)cs1. The minimum Gasteiger partial charge on any atom is -0.507 e. The van der Waals surface area contributed by atoms with Crippen LogP contribution in [0, 0.1) is 0 Å². The molecule has 25 heavy (non-hydrogen) atoms. The standard InChI is InChI=1S/C19H26N2O3S/c1-18(2,3)12-8-11(9-13(15(12)22)19(4,5)6)14-10-25-16(20-14)21(7)17(23)24/h8-10,22H,1-7H3,(H,23,24). The molecule has 1 aromatic carbocycles. The number of hydrogen-bond acceptors (Lipinski definition) is 4. The third-order valence-electron chi connectivity index (χ3n) is 4.09. The number of nitrogens with zero attached hydrogens (tertiary/aromatic N) is 2. The number of amides is 1. The molecule has 0 aliphatic heterocycles. The molecule has 0 radical (unpaired) electrons. The van der Waals surface area contributed by atoms with Crippen molar-refractivity contribution in [1.82, 2.24) is 4.98 Å². The molecular formula is C19H26N2O3S.